The molecular weight excluding hydrogens is 316 g/mol. The van der Waals surface area contributed by atoms with Gasteiger partial charge in [-0.25, -0.2) is 0 Å². The van der Waals surface area contributed by atoms with Crippen LogP contribution in [0.1, 0.15) is 35.6 Å². The summed E-state index contributed by atoms with van der Waals surface area (Å²) in [6.07, 6.45) is 1.78. The molecule has 1 aliphatic rings. The number of fused-ring (bicyclic) bond motifs is 1. The van der Waals surface area contributed by atoms with Crippen molar-refractivity contribution in [2.45, 2.75) is 25.3 Å². The zero-order valence-electron chi connectivity index (χ0n) is 14.2. The van der Waals surface area contributed by atoms with Gasteiger partial charge in [0.05, 0.1) is 12.6 Å². The standard InChI is InChI=1S/C20H22N2O3/c1-21-18(23)13-19(24)22-20(14-6-3-2-4-7-14)16-9-10-17-15(12-16)8-5-11-25-17/h2-4,6-7,9-10,12,20H,5,8,11,13H2,1H3,(H,21,23)(H,22,24). The zero-order chi connectivity index (χ0) is 17.6. The minimum absolute atomic E-state index is 0.187. The van der Waals surface area contributed by atoms with Gasteiger partial charge in [-0.2, -0.15) is 0 Å². The fraction of sp³-hybridized carbons (Fsp3) is 0.300. The van der Waals surface area contributed by atoms with Crippen LogP contribution in [0.4, 0.5) is 0 Å². The fourth-order valence-corrected chi connectivity index (χ4v) is 3.01. The first-order valence-electron chi connectivity index (χ1n) is 8.48. The van der Waals surface area contributed by atoms with E-state index in [-0.39, 0.29) is 24.3 Å². The van der Waals surface area contributed by atoms with Crippen LogP contribution in [-0.4, -0.2) is 25.5 Å². The third kappa shape index (κ3) is 4.18. The van der Waals surface area contributed by atoms with Gasteiger partial charge in [0.15, 0.2) is 0 Å². The van der Waals surface area contributed by atoms with Gasteiger partial charge in [-0.1, -0.05) is 36.4 Å². The second-order valence-corrected chi connectivity index (χ2v) is 6.08. The Kier molecular flexibility index (Phi) is 5.33. The Morgan fingerprint density at radius 3 is 2.64 bits per heavy atom. The van der Waals surface area contributed by atoms with Crippen molar-refractivity contribution in [3.8, 4) is 5.75 Å². The van der Waals surface area contributed by atoms with Crippen LogP contribution in [0.5, 0.6) is 5.75 Å². The summed E-state index contributed by atoms with van der Waals surface area (Å²) in [5.74, 6) is 0.309. The van der Waals surface area contributed by atoms with Crippen LogP contribution in [0, 0.1) is 0 Å². The van der Waals surface area contributed by atoms with E-state index in [1.165, 1.54) is 7.05 Å². The predicted octanol–water partition coefficient (Wildman–Crippen LogP) is 2.35. The number of aryl methyl sites for hydroxylation is 1. The van der Waals surface area contributed by atoms with E-state index in [2.05, 4.69) is 16.7 Å². The number of carbonyl (C=O) groups excluding carboxylic acids is 2. The van der Waals surface area contributed by atoms with Crippen LogP contribution in [-0.2, 0) is 16.0 Å². The Labute approximate surface area is 147 Å². The number of nitrogens with one attached hydrogen (secondary N) is 2. The van der Waals surface area contributed by atoms with Crippen LogP contribution in [0.3, 0.4) is 0 Å². The van der Waals surface area contributed by atoms with Crippen molar-refractivity contribution in [2.75, 3.05) is 13.7 Å². The Hall–Kier alpha value is -2.82. The highest BCUT2D eigenvalue weighted by Crippen LogP contribution is 2.30. The Morgan fingerprint density at radius 2 is 1.88 bits per heavy atom. The summed E-state index contributed by atoms with van der Waals surface area (Å²) >= 11 is 0. The maximum Gasteiger partial charge on any atom is 0.230 e. The predicted molar refractivity (Wildman–Crippen MR) is 95.4 cm³/mol. The van der Waals surface area contributed by atoms with Gasteiger partial charge in [-0.05, 0) is 41.7 Å². The van der Waals surface area contributed by atoms with E-state index in [9.17, 15) is 9.59 Å². The largest absolute Gasteiger partial charge is 0.493 e. The van der Waals surface area contributed by atoms with Gasteiger partial charge in [0.1, 0.15) is 12.2 Å². The first-order chi connectivity index (χ1) is 12.2. The SMILES string of the molecule is CNC(=O)CC(=O)NC(c1ccccc1)c1ccc2c(c1)CCCO2. The summed E-state index contributed by atoms with van der Waals surface area (Å²) < 4.78 is 5.67. The lowest BCUT2D eigenvalue weighted by Gasteiger charge is -2.23. The van der Waals surface area contributed by atoms with E-state index in [1.807, 2.05) is 42.5 Å². The van der Waals surface area contributed by atoms with Crippen LogP contribution < -0.4 is 15.4 Å². The Bertz CT molecular complexity index is 759. The molecule has 1 heterocycles. The molecule has 1 atom stereocenters. The molecule has 2 aromatic carbocycles. The van der Waals surface area contributed by atoms with E-state index in [0.29, 0.717) is 0 Å². The molecule has 0 fully saturated rings. The summed E-state index contributed by atoms with van der Waals surface area (Å²) in [7, 11) is 1.52. The summed E-state index contributed by atoms with van der Waals surface area (Å²) in [6.45, 7) is 0.747. The van der Waals surface area contributed by atoms with Gasteiger partial charge in [-0.15, -0.1) is 0 Å². The van der Waals surface area contributed by atoms with Crippen LogP contribution >= 0.6 is 0 Å². The highest BCUT2D eigenvalue weighted by Gasteiger charge is 2.20. The smallest absolute Gasteiger partial charge is 0.230 e. The highest BCUT2D eigenvalue weighted by atomic mass is 16.5. The number of benzene rings is 2. The van der Waals surface area contributed by atoms with Crippen molar-refractivity contribution in [3.63, 3.8) is 0 Å². The van der Waals surface area contributed by atoms with E-state index in [0.717, 1.165) is 41.9 Å². The van der Waals surface area contributed by atoms with Crippen molar-refractivity contribution in [1.29, 1.82) is 0 Å². The van der Waals surface area contributed by atoms with Gasteiger partial charge in [0.25, 0.3) is 0 Å². The Balaban J connectivity index is 1.89. The molecule has 25 heavy (non-hydrogen) atoms. The number of hydrogen-bond donors (Lipinski definition) is 2. The third-order valence-electron chi connectivity index (χ3n) is 4.30. The molecule has 0 saturated carbocycles. The Morgan fingerprint density at radius 1 is 1.08 bits per heavy atom. The topological polar surface area (TPSA) is 67.4 Å². The highest BCUT2D eigenvalue weighted by molar-refractivity contribution is 5.97. The normalized spacial score (nSPS) is 14.0. The average molecular weight is 338 g/mol. The summed E-state index contributed by atoms with van der Waals surface area (Å²) in [5, 5.41) is 5.45. The van der Waals surface area contributed by atoms with Crippen molar-refractivity contribution < 1.29 is 14.3 Å². The third-order valence-corrected chi connectivity index (χ3v) is 4.30. The molecule has 0 aromatic heterocycles. The quantitative estimate of drug-likeness (QED) is 0.823. The van der Waals surface area contributed by atoms with Crippen LogP contribution in [0.2, 0.25) is 0 Å². The number of hydrogen-bond acceptors (Lipinski definition) is 3. The molecule has 1 unspecified atom stereocenters. The van der Waals surface area contributed by atoms with E-state index < -0.39 is 0 Å². The molecule has 2 aromatic rings. The summed E-state index contributed by atoms with van der Waals surface area (Å²) in [5.41, 5.74) is 3.12. The summed E-state index contributed by atoms with van der Waals surface area (Å²) in [6, 6.07) is 15.5. The van der Waals surface area contributed by atoms with Crippen molar-refractivity contribution >= 4 is 11.8 Å². The minimum Gasteiger partial charge on any atom is -0.493 e. The second-order valence-electron chi connectivity index (χ2n) is 6.08. The number of rotatable bonds is 5. The molecule has 3 rings (SSSR count). The van der Waals surface area contributed by atoms with Crippen LogP contribution in [0.25, 0.3) is 0 Å². The molecule has 2 N–H and O–H groups in total. The molecule has 0 spiro atoms. The van der Waals surface area contributed by atoms with E-state index >= 15 is 0 Å². The molecule has 0 saturated heterocycles. The molecule has 1 aliphatic heterocycles. The minimum atomic E-state index is -0.304. The van der Waals surface area contributed by atoms with Crippen LogP contribution in [0.15, 0.2) is 48.5 Å². The molecule has 0 aliphatic carbocycles. The first-order valence-corrected chi connectivity index (χ1v) is 8.48. The van der Waals surface area contributed by atoms with Crippen molar-refractivity contribution in [1.82, 2.24) is 10.6 Å². The molecule has 5 nitrogen and oxygen atoms in total. The van der Waals surface area contributed by atoms with E-state index in [1.54, 1.807) is 0 Å². The van der Waals surface area contributed by atoms with Gasteiger partial charge in [-0.3, -0.25) is 9.59 Å². The van der Waals surface area contributed by atoms with Gasteiger partial charge < -0.3 is 15.4 Å². The molecule has 0 bridgehead atoms. The maximum atomic E-state index is 12.3. The average Bonchev–Trinajstić information content (AvgIpc) is 2.66. The van der Waals surface area contributed by atoms with Gasteiger partial charge >= 0.3 is 0 Å². The van der Waals surface area contributed by atoms with E-state index in [4.69, 9.17) is 4.74 Å². The van der Waals surface area contributed by atoms with Gasteiger partial charge in [0.2, 0.25) is 11.8 Å². The lowest BCUT2D eigenvalue weighted by Crippen LogP contribution is -2.33. The monoisotopic (exact) mass is 338 g/mol. The molecular formula is C20H22N2O3. The number of ether oxygens (including phenoxy) is 1. The summed E-state index contributed by atoms with van der Waals surface area (Å²) in [4.78, 5) is 23.7. The van der Waals surface area contributed by atoms with Crippen molar-refractivity contribution in [2.24, 2.45) is 0 Å². The van der Waals surface area contributed by atoms with Gasteiger partial charge in [0, 0.05) is 7.05 Å². The number of amides is 2. The first kappa shape index (κ1) is 17.0. The molecule has 130 valence electrons. The zero-order valence-corrected chi connectivity index (χ0v) is 14.2. The van der Waals surface area contributed by atoms with Crippen molar-refractivity contribution in [3.05, 3.63) is 65.2 Å². The number of carbonyl (C=O) groups is 2. The lowest BCUT2D eigenvalue weighted by atomic mass is 9.94. The lowest BCUT2D eigenvalue weighted by molar-refractivity contribution is -0.129. The fourth-order valence-electron chi connectivity index (χ4n) is 3.01. The molecule has 0 radical (unpaired) electrons. The second kappa shape index (κ2) is 7.83. The molecule has 2 amide bonds. The maximum absolute atomic E-state index is 12.3. The molecule has 5 heteroatoms.